The van der Waals surface area contributed by atoms with E-state index in [-0.39, 0.29) is 0 Å². The number of aromatic nitrogens is 3. The first-order valence-electron chi connectivity index (χ1n) is 9.57. The summed E-state index contributed by atoms with van der Waals surface area (Å²) in [5.41, 5.74) is 1.87. The van der Waals surface area contributed by atoms with Gasteiger partial charge < -0.3 is 4.90 Å². The molecule has 3 heterocycles. The molecule has 2 aromatic carbocycles. The summed E-state index contributed by atoms with van der Waals surface area (Å²) in [5.74, 6) is 0.843. The van der Waals surface area contributed by atoms with E-state index in [2.05, 4.69) is 15.0 Å². The highest BCUT2D eigenvalue weighted by atomic mass is 32.2. The Labute approximate surface area is 169 Å². The van der Waals surface area contributed by atoms with Gasteiger partial charge in [0.1, 0.15) is 5.52 Å². The van der Waals surface area contributed by atoms with E-state index in [0.29, 0.717) is 31.1 Å². The lowest BCUT2D eigenvalue weighted by Gasteiger charge is -2.34. The van der Waals surface area contributed by atoms with Gasteiger partial charge in [-0.15, -0.1) is 0 Å². The van der Waals surface area contributed by atoms with Crippen molar-refractivity contribution in [1.82, 2.24) is 18.9 Å². The van der Waals surface area contributed by atoms with Gasteiger partial charge in [-0.05, 0) is 35.9 Å². The molecule has 4 aromatic rings. The summed E-state index contributed by atoms with van der Waals surface area (Å²) in [7, 11) is -3.53. The predicted molar refractivity (Wildman–Crippen MR) is 113 cm³/mol. The number of benzene rings is 2. The number of nitrogens with zero attached hydrogens (tertiary/aromatic N) is 5. The molecule has 29 heavy (non-hydrogen) atoms. The highest BCUT2D eigenvalue weighted by molar-refractivity contribution is 7.89. The predicted octanol–water partition coefficient (Wildman–Crippen LogP) is 2.70. The van der Waals surface area contributed by atoms with E-state index in [4.69, 9.17) is 0 Å². The van der Waals surface area contributed by atoms with Crippen LogP contribution in [-0.4, -0.2) is 53.5 Å². The maximum absolute atomic E-state index is 13.2. The van der Waals surface area contributed by atoms with Crippen molar-refractivity contribution < 1.29 is 8.42 Å². The Morgan fingerprint density at radius 2 is 1.69 bits per heavy atom. The van der Waals surface area contributed by atoms with E-state index in [1.165, 1.54) is 0 Å². The monoisotopic (exact) mass is 407 g/mol. The van der Waals surface area contributed by atoms with Gasteiger partial charge in [0, 0.05) is 38.6 Å². The fraction of sp³-hybridized carbons (Fsp3) is 0.238. The number of sulfonamides is 1. The number of aryl methyl sites for hydroxylation is 1. The number of fused-ring (bicyclic) bond motifs is 2. The molecule has 0 unspecified atom stereocenters. The summed E-state index contributed by atoms with van der Waals surface area (Å²) >= 11 is 0. The van der Waals surface area contributed by atoms with Crippen LogP contribution in [-0.2, 0) is 10.0 Å². The van der Waals surface area contributed by atoms with Crippen molar-refractivity contribution in [2.24, 2.45) is 0 Å². The highest BCUT2D eigenvalue weighted by Gasteiger charge is 2.29. The lowest BCUT2D eigenvalue weighted by Crippen LogP contribution is -2.49. The number of hydrogen-bond donors (Lipinski definition) is 0. The van der Waals surface area contributed by atoms with Crippen LogP contribution in [0.1, 0.15) is 5.69 Å². The lowest BCUT2D eigenvalue weighted by molar-refractivity contribution is 0.384. The van der Waals surface area contributed by atoms with Gasteiger partial charge in [0.05, 0.1) is 10.6 Å². The third kappa shape index (κ3) is 3.14. The molecule has 1 aliphatic heterocycles. The first-order valence-corrected chi connectivity index (χ1v) is 11.0. The van der Waals surface area contributed by atoms with Crippen molar-refractivity contribution in [3.05, 3.63) is 66.6 Å². The van der Waals surface area contributed by atoms with Gasteiger partial charge in [0.2, 0.25) is 10.0 Å². The lowest BCUT2D eigenvalue weighted by atomic mass is 10.1. The molecule has 148 valence electrons. The summed E-state index contributed by atoms with van der Waals surface area (Å²) in [6, 6.07) is 15.1. The molecule has 1 aliphatic rings. The Kier molecular flexibility index (Phi) is 4.25. The molecule has 2 aromatic heterocycles. The zero-order valence-electron chi connectivity index (χ0n) is 16.1. The summed E-state index contributed by atoms with van der Waals surface area (Å²) in [6.07, 6.45) is 3.55. The van der Waals surface area contributed by atoms with E-state index in [0.717, 1.165) is 27.8 Å². The normalized spacial score (nSPS) is 16.0. The third-order valence-electron chi connectivity index (χ3n) is 5.39. The minimum atomic E-state index is -3.53. The molecule has 0 aliphatic carbocycles. The van der Waals surface area contributed by atoms with Gasteiger partial charge in [-0.25, -0.2) is 17.9 Å². The maximum atomic E-state index is 13.2. The first-order chi connectivity index (χ1) is 14.0. The van der Waals surface area contributed by atoms with E-state index in [1.807, 2.05) is 54.0 Å². The molecule has 0 N–H and O–H groups in total. The second-order valence-electron chi connectivity index (χ2n) is 7.27. The topological polar surface area (TPSA) is 70.8 Å². The minimum Gasteiger partial charge on any atom is -0.352 e. The molecule has 8 heteroatoms. The van der Waals surface area contributed by atoms with Gasteiger partial charge in [-0.3, -0.25) is 0 Å². The van der Waals surface area contributed by atoms with Crippen LogP contribution in [0.2, 0.25) is 0 Å². The quantitative estimate of drug-likeness (QED) is 0.522. The number of anilines is 1. The van der Waals surface area contributed by atoms with E-state index in [1.54, 1.807) is 22.6 Å². The fourth-order valence-corrected chi connectivity index (χ4v) is 5.35. The Bertz CT molecular complexity index is 1310. The summed E-state index contributed by atoms with van der Waals surface area (Å²) in [4.78, 5) is 6.99. The van der Waals surface area contributed by atoms with Crippen molar-refractivity contribution >= 4 is 32.1 Å². The largest absolute Gasteiger partial charge is 0.352 e. The average molecular weight is 407 g/mol. The zero-order valence-corrected chi connectivity index (χ0v) is 16.9. The van der Waals surface area contributed by atoms with Crippen LogP contribution in [0.5, 0.6) is 0 Å². The standard InChI is InChI=1S/C21H21N5O2S/c1-16-14-20-21(22-8-9-26(20)23-16)24-10-12-25(13-11-24)29(27,28)19-7-6-17-4-2-3-5-18(17)15-19/h2-9,14-15H,10-13H2,1H3. The Morgan fingerprint density at radius 1 is 0.931 bits per heavy atom. The zero-order chi connectivity index (χ0) is 20.0. The molecular weight excluding hydrogens is 386 g/mol. The van der Waals surface area contributed by atoms with Gasteiger partial charge >= 0.3 is 0 Å². The van der Waals surface area contributed by atoms with E-state index >= 15 is 0 Å². The van der Waals surface area contributed by atoms with Gasteiger partial charge in [0.25, 0.3) is 0 Å². The minimum absolute atomic E-state index is 0.344. The van der Waals surface area contributed by atoms with Crippen LogP contribution in [0.3, 0.4) is 0 Å². The molecule has 5 rings (SSSR count). The number of hydrogen-bond acceptors (Lipinski definition) is 5. The van der Waals surface area contributed by atoms with Crippen LogP contribution in [0.15, 0.2) is 65.8 Å². The molecule has 0 bridgehead atoms. The van der Waals surface area contributed by atoms with Crippen LogP contribution in [0.25, 0.3) is 16.3 Å². The van der Waals surface area contributed by atoms with Crippen molar-refractivity contribution in [3.8, 4) is 0 Å². The Morgan fingerprint density at radius 3 is 2.48 bits per heavy atom. The fourth-order valence-electron chi connectivity index (χ4n) is 3.89. The average Bonchev–Trinajstić information content (AvgIpc) is 3.13. The molecule has 1 fully saturated rings. The molecule has 1 saturated heterocycles. The Hall–Kier alpha value is -2.97. The van der Waals surface area contributed by atoms with Crippen LogP contribution in [0.4, 0.5) is 5.82 Å². The van der Waals surface area contributed by atoms with Gasteiger partial charge in [0.15, 0.2) is 5.82 Å². The smallest absolute Gasteiger partial charge is 0.243 e. The van der Waals surface area contributed by atoms with E-state index in [9.17, 15) is 8.42 Å². The summed E-state index contributed by atoms with van der Waals surface area (Å²) in [5, 5.41) is 6.39. The van der Waals surface area contributed by atoms with Gasteiger partial charge in [-0.2, -0.15) is 9.40 Å². The van der Waals surface area contributed by atoms with Crippen molar-refractivity contribution in [2.75, 3.05) is 31.1 Å². The second-order valence-corrected chi connectivity index (χ2v) is 9.20. The first kappa shape index (κ1) is 18.1. The SMILES string of the molecule is Cc1cc2c(N3CCN(S(=O)(=O)c4ccc5ccccc5c4)CC3)nccn2n1. The van der Waals surface area contributed by atoms with Gasteiger partial charge in [-0.1, -0.05) is 30.3 Å². The summed E-state index contributed by atoms with van der Waals surface area (Å²) < 4.78 is 29.7. The van der Waals surface area contributed by atoms with Crippen LogP contribution >= 0.6 is 0 Å². The van der Waals surface area contributed by atoms with Crippen molar-refractivity contribution in [1.29, 1.82) is 0 Å². The molecule has 0 radical (unpaired) electrons. The third-order valence-corrected chi connectivity index (χ3v) is 7.28. The Balaban J connectivity index is 1.39. The second kappa shape index (κ2) is 6.82. The summed E-state index contributed by atoms with van der Waals surface area (Å²) in [6.45, 7) is 3.97. The van der Waals surface area contributed by atoms with Crippen molar-refractivity contribution in [3.63, 3.8) is 0 Å². The van der Waals surface area contributed by atoms with E-state index < -0.39 is 10.0 Å². The molecule has 0 saturated carbocycles. The van der Waals surface area contributed by atoms with Crippen LogP contribution < -0.4 is 4.90 Å². The molecule has 0 atom stereocenters. The highest BCUT2D eigenvalue weighted by Crippen LogP contribution is 2.25. The molecule has 7 nitrogen and oxygen atoms in total. The molecule has 0 spiro atoms. The molecular formula is C21H21N5O2S. The number of rotatable bonds is 3. The maximum Gasteiger partial charge on any atom is 0.243 e. The number of piperazine rings is 1. The van der Waals surface area contributed by atoms with Crippen molar-refractivity contribution in [2.45, 2.75) is 11.8 Å². The molecule has 0 amide bonds. The van der Waals surface area contributed by atoms with Crippen LogP contribution in [0, 0.1) is 6.92 Å².